The van der Waals surface area contributed by atoms with E-state index in [1.54, 1.807) is 0 Å². The number of rotatable bonds is 12. The third-order valence-corrected chi connectivity index (χ3v) is 7.01. The number of hydrogen-bond donors (Lipinski definition) is 1. The van der Waals surface area contributed by atoms with Gasteiger partial charge in [0.15, 0.2) is 6.29 Å². The number of carbonyl (C=O) groups is 1. The van der Waals surface area contributed by atoms with Gasteiger partial charge in [0.1, 0.15) is 30.3 Å². The molecule has 7 nitrogen and oxygen atoms in total. The highest BCUT2D eigenvalue weighted by atomic mass is 19.4. The maximum Gasteiger partial charge on any atom is 0.397 e. The number of amides is 1. The van der Waals surface area contributed by atoms with Gasteiger partial charge in [-0.2, -0.15) is 13.2 Å². The molecular formula is C31H32F3NO6. The molecule has 41 heavy (non-hydrogen) atoms. The van der Waals surface area contributed by atoms with Gasteiger partial charge in [-0.15, -0.1) is 0 Å². The molecule has 218 valence electrons. The molecule has 1 N–H and O–H groups in total. The Hall–Kier alpha value is -3.28. The van der Waals surface area contributed by atoms with E-state index in [1.165, 1.54) is 0 Å². The van der Waals surface area contributed by atoms with Crippen LogP contribution in [0, 0.1) is 0 Å². The fourth-order valence-corrected chi connectivity index (χ4v) is 5.10. The van der Waals surface area contributed by atoms with Crippen LogP contribution in [-0.2, 0) is 48.3 Å². The fourth-order valence-electron chi connectivity index (χ4n) is 5.10. The summed E-state index contributed by atoms with van der Waals surface area (Å²) in [6.45, 7) is 0.739. The maximum absolute atomic E-state index is 13.0. The largest absolute Gasteiger partial charge is 0.397 e. The number of benzene rings is 3. The lowest BCUT2D eigenvalue weighted by atomic mass is 9.87. The molecule has 2 aliphatic heterocycles. The van der Waals surface area contributed by atoms with Crippen LogP contribution in [0.15, 0.2) is 91.0 Å². The second-order valence-electron chi connectivity index (χ2n) is 10.2. The molecule has 1 amide bonds. The average molecular weight is 572 g/mol. The Balaban J connectivity index is 1.42. The SMILES string of the molecule is O=C(CC(F)(F)F)NC1C2OCC(COCc3ccccc3)(O2)C(OCc2ccccc2)C1OCc1ccccc1. The summed E-state index contributed by atoms with van der Waals surface area (Å²) in [5, 5.41) is 2.46. The topological polar surface area (TPSA) is 75.3 Å². The fraction of sp³-hybridized carbons (Fsp3) is 0.387. The second kappa shape index (κ2) is 13.1. The summed E-state index contributed by atoms with van der Waals surface area (Å²) in [7, 11) is 0. The number of carbonyl (C=O) groups excluding carboxylic acids is 1. The van der Waals surface area contributed by atoms with Gasteiger partial charge in [-0.1, -0.05) is 91.0 Å². The number of ether oxygens (including phenoxy) is 5. The first-order valence-electron chi connectivity index (χ1n) is 13.4. The van der Waals surface area contributed by atoms with Crippen molar-refractivity contribution in [3.8, 4) is 0 Å². The molecular weight excluding hydrogens is 539 g/mol. The second-order valence-corrected chi connectivity index (χ2v) is 10.2. The molecule has 2 aliphatic rings. The molecule has 2 saturated heterocycles. The van der Waals surface area contributed by atoms with Crippen molar-refractivity contribution < 1.29 is 41.7 Å². The minimum atomic E-state index is -4.67. The summed E-state index contributed by atoms with van der Waals surface area (Å²) in [4.78, 5) is 12.5. The lowest BCUT2D eigenvalue weighted by Gasteiger charge is -2.46. The highest BCUT2D eigenvalue weighted by Crippen LogP contribution is 2.41. The van der Waals surface area contributed by atoms with E-state index in [-0.39, 0.29) is 26.4 Å². The van der Waals surface area contributed by atoms with E-state index < -0.39 is 48.6 Å². The minimum Gasteiger partial charge on any atom is -0.374 e. The van der Waals surface area contributed by atoms with Crippen LogP contribution in [0.5, 0.6) is 0 Å². The van der Waals surface area contributed by atoms with Crippen molar-refractivity contribution in [2.75, 3.05) is 13.2 Å². The molecule has 5 rings (SSSR count). The molecule has 2 fully saturated rings. The number of fused-ring (bicyclic) bond motifs is 2. The Bertz CT molecular complexity index is 1250. The van der Waals surface area contributed by atoms with Crippen LogP contribution in [0.4, 0.5) is 13.2 Å². The summed E-state index contributed by atoms with van der Waals surface area (Å²) >= 11 is 0. The van der Waals surface area contributed by atoms with Gasteiger partial charge in [0.2, 0.25) is 5.91 Å². The first kappa shape index (κ1) is 29.2. The van der Waals surface area contributed by atoms with Crippen molar-refractivity contribution in [1.29, 1.82) is 0 Å². The summed E-state index contributed by atoms with van der Waals surface area (Å²) in [5.74, 6) is -1.20. The number of alkyl halides is 3. The van der Waals surface area contributed by atoms with Gasteiger partial charge in [0, 0.05) is 0 Å². The third-order valence-electron chi connectivity index (χ3n) is 7.01. The Morgan fingerprint density at radius 3 is 1.93 bits per heavy atom. The normalized spacial score (nSPS) is 25.6. The first-order valence-corrected chi connectivity index (χ1v) is 13.4. The van der Waals surface area contributed by atoms with Gasteiger partial charge in [-0.25, -0.2) is 0 Å². The van der Waals surface area contributed by atoms with E-state index in [1.807, 2.05) is 91.0 Å². The van der Waals surface area contributed by atoms with Crippen LogP contribution in [0.3, 0.4) is 0 Å². The van der Waals surface area contributed by atoms with E-state index in [9.17, 15) is 18.0 Å². The average Bonchev–Trinajstić information content (AvgIpc) is 3.35. The molecule has 3 aromatic rings. The van der Waals surface area contributed by atoms with E-state index in [2.05, 4.69) is 5.32 Å². The van der Waals surface area contributed by atoms with Crippen molar-refractivity contribution in [3.63, 3.8) is 0 Å². The van der Waals surface area contributed by atoms with Crippen molar-refractivity contribution in [3.05, 3.63) is 108 Å². The van der Waals surface area contributed by atoms with Crippen LogP contribution in [0.2, 0.25) is 0 Å². The van der Waals surface area contributed by atoms with Crippen LogP contribution in [0.25, 0.3) is 0 Å². The molecule has 0 spiro atoms. The highest BCUT2D eigenvalue weighted by Gasteiger charge is 2.61. The van der Waals surface area contributed by atoms with Crippen molar-refractivity contribution >= 4 is 5.91 Å². The Morgan fingerprint density at radius 1 is 0.829 bits per heavy atom. The van der Waals surface area contributed by atoms with Gasteiger partial charge in [0.05, 0.1) is 33.0 Å². The molecule has 0 aromatic heterocycles. The molecule has 0 radical (unpaired) electrons. The van der Waals surface area contributed by atoms with E-state index >= 15 is 0 Å². The number of hydrogen-bond acceptors (Lipinski definition) is 6. The quantitative estimate of drug-likeness (QED) is 0.332. The Morgan fingerprint density at radius 2 is 1.37 bits per heavy atom. The van der Waals surface area contributed by atoms with Crippen LogP contribution in [-0.4, -0.2) is 55.4 Å². The van der Waals surface area contributed by atoms with Crippen LogP contribution < -0.4 is 5.32 Å². The summed E-state index contributed by atoms with van der Waals surface area (Å²) in [6, 6.07) is 27.4. The molecule has 10 heteroatoms. The molecule has 2 bridgehead atoms. The molecule has 0 saturated carbocycles. The predicted octanol–water partition coefficient (Wildman–Crippen LogP) is 4.94. The zero-order valence-electron chi connectivity index (χ0n) is 22.3. The molecule has 0 aliphatic carbocycles. The summed E-state index contributed by atoms with van der Waals surface area (Å²) < 4.78 is 70.2. The zero-order chi connectivity index (χ0) is 28.7. The molecule has 5 atom stereocenters. The van der Waals surface area contributed by atoms with E-state index in [0.717, 1.165) is 16.7 Å². The number of nitrogens with one attached hydrogen (secondary N) is 1. The monoisotopic (exact) mass is 571 g/mol. The summed E-state index contributed by atoms with van der Waals surface area (Å²) in [5.41, 5.74) is 1.57. The van der Waals surface area contributed by atoms with Gasteiger partial charge in [-0.3, -0.25) is 4.79 Å². The highest BCUT2D eigenvalue weighted by molar-refractivity contribution is 5.77. The van der Waals surface area contributed by atoms with Gasteiger partial charge in [0.25, 0.3) is 0 Å². The zero-order valence-corrected chi connectivity index (χ0v) is 22.3. The van der Waals surface area contributed by atoms with E-state index in [0.29, 0.717) is 6.61 Å². The van der Waals surface area contributed by atoms with Crippen molar-refractivity contribution in [1.82, 2.24) is 5.32 Å². The van der Waals surface area contributed by atoms with E-state index in [4.69, 9.17) is 23.7 Å². The smallest absolute Gasteiger partial charge is 0.374 e. The van der Waals surface area contributed by atoms with Crippen LogP contribution >= 0.6 is 0 Å². The minimum absolute atomic E-state index is 0.0444. The Kier molecular flexibility index (Phi) is 9.36. The Labute approximate surface area is 236 Å². The maximum atomic E-state index is 13.0. The molecule has 3 aromatic carbocycles. The van der Waals surface area contributed by atoms with Crippen molar-refractivity contribution in [2.45, 2.75) is 62.6 Å². The predicted molar refractivity (Wildman–Crippen MR) is 142 cm³/mol. The molecule has 2 heterocycles. The van der Waals surface area contributed by atoms with Gasteiger partial charge < -0.3 is 29.0 Å². The third kappa shape index (κ3) is 7.72. The van der Waals surface area contributed by atoms with Gasteiger partial charge >= 0.3 is 6.18 Å². The van der Waals surface area contributed by atoms with Crippen molar-refractivity contribution in [2.24, 2.45) is 0 Å². The summed E-state index contributed by atoms with van der Waals surface area (Å²) in [6.07, 6.45) is -9.11. The first-order chi connectivity index (χ1) is 19.8. The van der Waals surface area contributed by atoms with Gasteiger partial charge in [-0.05, 0) is 16.7 Å². The van der Waals surface area contributed by atoms with Crippen LogP contribution in [0.1, 0.15) is 23.1 Å². The lowest BCUT2D eigenvalue weighted by Crippen LogP contribution is -2.68. The standard InChI is InChI=1S/C31H32F3NO6/c32-31(33,34)16-25(36)35-26-27(38-18-23-12-6-2-7-13-23)28(39-19-24-14-8-3-9-15-24)30(21-40-29(26)41-30)20-37-17-22-10-4-1-5-11-22/h1-15,26-29H,16-21H2,(H,35,36). The lowest BCUT2D eigenvalue weighted by molar-refractivity contribution is -0.264. The molecule has 5 unspecified atom stereocenters. The number of halogens is 3.